The van der Waals surface area contributed by atoms with E-state index in [2.05, 4.69) is 14.2 Å². The lowest BCUT2D eigenvalue weighted by atomic mass is 9.96. The van der Waals surface area contributed by atoms with Gasteiger partial charge in [-0.3, -0.25) is 0 Å². The highest BCUT2D eigenvalue weighted by molar-refractivity contribution is 5.37. The standard InChI is InChI=1S/C30H23F13O5/c1-2-3-4-5-14-6-18(31)24(19(32)7-14)15-12-44-27(45-13-15)29(39,40)47-16-8-20(33)25(21(34)9-16)28(37,38)46-17-10-22(35)26(23(36)11-17)48-30(41,42)43/h6-11,15,27H,2-5,12-13H2,1H3. The van der Waals surface area contributed by atoms with Crippen molar-refractivity contribution >= 4 is 0 Å². The third-order valence-electron chi connectivity index (χ3n) is 6.78. The van der Waals surface area contributed by atoms with E-state index in [1.54, 1.807) is 0 Å². The van der Waals surface area contributed by atoms with Gasteiger partial charge in [0.1, 0.15) is 40.3 Å². The topological polar surface area (TPSA) is 46.2 Å². The summed E-state index contributed by atoms with van der Waals surface area (Å²) in [5, 5.41) is 0. The number of unbranched alkanes of at least 4 members (excludes halogenated alkanes) is 2. The lowest BCUT2D eigenvalue weighted by molar-refractivity contribution is -0.347. The van der Waals surface area contributed by atoms with Crippen molar-refractivity contribution in [1.29, 1.82) is 0 Å². The van der Waals surface area contributed by atoms with Crippen LogP contribution in [0.3, 0.4) is 0 Å². The fraction of sp³-hybridized carbons (Fsp3) is 0.400. The molecule has 0 saturated carbocycles. The van der Waals surface area contributed by atoms with Gasteiger partial charge in [0.05, 0.1) is 13.2 Å². The van der Waals surface area contributed by atoms with Crippen LogP contribution in [0.4, 0.5) is 57.1 Å². The molecule has 3 aromatic rings. The fourth-order valence-electron chi connectivity index (χ4n) is 4.71. The van der Waals surface area contributed by atoms with E-state index in [0.29, 0.717) is 18.4 Å². The van der Waals surface area contributed by atoms with Gasteiger partial charge in [-0.1, -0.05) is 19.8 Å². The van der Waals surface area contributed by atoms with E-state index in [1.165, 1.54) is 0 Å². The molecule has 0 unspecified atom stereocenters. The number of alkyl halides is 7. The number of benzene rings is 3. The molecule has 48 heavy (non-hydrogen) atoms. The van der Waals surface area contributed by atoms with E-state index in [-0.39, 0.29) is 24.3 Å². The van der Waals surface area contributed by atoms with Crippen LogP contribution in [0.2, 0.25) is 0 Å². The molecule has 0 radical (unpaired) electrons. The lowest BCUT2D eigenvalue weighted by Crippen LogP contribution is -2.47. The second-order valence-electron chi connectivity index (χ2n) is 10.4. The molecule has 1 saturated heterocycles. The van der Waals surface area contributed by atoms with Crippen LogP contribution >= 0.6 is 0 Å². The highest BCUT2D eigenvalue weighted by Gasteiger charge is 2.49. The molecule has 0 amide bonds. The van der Waals surface area contributed by atoms with Crippen molar-refractivity contribution in [2.45, 2.75) is 63.4 Å². The van der Waals surface area contributed by atoms with E-state index < -0.39 is 107 Å². The van der Waals surface area contributed by atoms with E-state index in [0.717, 1.165) is 25.0 Å². The van der Waals surface area contributed by atoms with Gasteiger partial charge < -0.3 is 23.7 Å². The number of aryl methyl sites for hydroxylation is 1. The number of hydrogen-bond donors (Lipinski definition) is 0. The Kier molecular flexibility index (Phi) is 11.0. The van der Waals surface area contributed by atoms with Crippen LogP contribution in [-0.4, -0.2) is 32.0 Å². The molecule has 0 atom stereocenters. The average molecular weight is 710 g/mol. The average Bonchev–Trinajstić information content (AvgIpc) is 2.93. The van der Waals surface area contributed by atoms with Gasteiger partial charge in [-0.2, -0.15) is 17.6 Å². The van der Waals surface area contributed by atoms with Gasteiger partial charge in [0.15, 0.2) is 11.6 Å². The Morgan fingerprint density at radius 1 is 0.646 bits per heavy atom. The largest absolute Gasteiger partial charge is 0.573 e. The van der Waals surface area contributed by atoms with Crippen molar-refractivity contribution < 1.29 is 80.8 Å². The van der Waals surface area contributed by atoms with Crippen molar-refractivity contribution in [2.75, 3.05) is 13.2 Å². The summed E-state index contributed by atoms with van der Waals surface area (Å²) < 4.78 is 203. The fourth-order valence-corrected chi connectivity index (χ4v) is 4.71. The number of hydrogen-bond acceptors (Lipinski definition) is 5. The monoisotopic (exact) mass is 710 g/mol. The molecular formula is C30H23F13O5. The van der Waals surface area contributed by atoms with Gasteiger partial charge in [0.2, 0.25) is 5.75 Å². The smallest absolute Gasteiger partial charge is 0.429 e. The first-order chi connectivity index (χ1) is 22.3. The molecule has 0 aromatic heterocycles. The van der Waals surface area contributed by atoms with Gasteiger partial charge in [-0.25, -0.2) is 26.3 Å². The highest BCUT2D eigenvalue weighted by atomic mass is 19.4. The third kappa shape index (κ3) is 8.75. The molecule has 0 N–H and O–H groups in total. The summed E-state index contributed by atoms with van der Waals surface area (Å²) in [5.74, 6) is -16.9. The van der Waals surface area contributed by atoms with Crippen molar-refractivity contribution in [3.8, 4) is 17.2 Å². The summed E-state index contributed by atoms with van der Waals surface area (Å²) in [7, 11) is 0. The molecule has 0 bridgehead atoms. The van der Waals surface area contributed by atoms with Gasteiger partial charge in [-0.05, 0) is 30.5 Å². The minimum atomic E-state index is -5.57. The molecule has 3 aromatic carbocycles. The Hall–Kier alpha value is -3.93. The SMILES string of the molecule is CCCCCc1cc(F)c(C2COC(C(F)(F)Oc3cc(F)c(C(F)(F)Oc4cc(F)c(OC(F)(F)F)c(F)c4)c(F)c3)OC2)c(F)c1. The Balaban J connectivity index is 1.44. The van der Waals surface area contributed by atoms with E-state index >= 15 is 0 Å². The molecule has 5 nitrogen and oxygen atoms in total. The van der Waals surface area contributed by atoms with Crippen LogP contribution < -0.4 is 14.2 Å². The molecule has 4 rings (SSSR count). The van der Waals surface area contributed by atoms with Crippen molar-refractivity contribution in [1.82, 2.24) is 0 Å². The van der Waals surface area contributed by atoms with Crippen molar-refractivity contribution in [3.05, 3.63) is 88.0 Å². The third-order valence-corrected chi connectivity index (χ3v) is 6.78. The van der Waals surface area contributed by atoms with Crippen LogP contribution in [0.5, 0.6) is 17.2 Å². The van der Waals surface area contributed by atoms with Crippen molar-refractivity contribution in [3.63, 3.8) is 0 Å². The van der Waals surface area contributed by atoms with E-state index in [1.807, 2.05) is 6.92 Å². The van der Waals surface area contributed by atoms with Crippen LogP contribution in [0, 0.1) is 34.9 Å². The van der Waals surface area contributed by atoms with Gasteiger partial charge in [0, 0.05) is 35.7 Å². The Labute approximate surface area is 263 Å². The Morgan fingerprint density at radius 2 is 1.15 bits per heavy atom. The molecule has 1 aliphatic rings. The predicted molar refractivity (Wildman–Crippen MR) is 138 cm³/mol. The van der Waals surface area contributed by atoms with Crippen LogP contribution in [0.15, 0.2) is 36.4 Å². The Morgan fingerprint density at radius 3 is 1.65 bits per heavy atom. The zero-order chi connectivity index (χ0) is 35.6. The second-order valence-corrected chi connectivity index (χ2v) is 10.4. The molecule has 1 aliphatic heterocycles. The molecular weight excluding hydrogens is 687 g/mol. The highest BCUT2D eigenvalue weighted by Crippen LogP contribution is 2.40. The predicted octanol–water partition coefficient (Wildman–Crippen LogP) is 9.41. The maximum Gasteiger partial charge on any atom is 0.573 e. The Bertz CT molecular complexity index is 1540. The van der Waals surface area contributed by atoms with Crippen LogP contribution in [0.1, 0.15) is 48.8 Å². The zero-order valence-corrected chi connectivity index (χ0v) is 24.3. The van der Waals surface area contributed by atoms with Gasteiger partial charge >= 0.3 is 18.6 Å². The quantitative estimate of drug-likeness (QED) is 0.139. The number of rotatable bonds is 12. The maximum absolute atomic E-state index is 14.8. The molecule has 0 spiro atoms. The summed E-state index contributed by atoms with van der Waals surface area (Å²) in [6.45, 7) is 0.539. The van der Waals surface area contributed by atoms with Crippen LogP contribution in [-0.2, 0) is 22.0 Å². The molecule has 1 heterocycles. The maximum atomic E-state index is 14.8. The second kappa shape index (κ2) is 14.3. The number of halogens is 13. The number of ether oxygens (including phenoxy) is 5. The minimum absolute atomic E-state index is 0.135. The van der Waals surface area contributed by atoms with Gasteiger partial charge in [0.25, 0.3) is 6.29 Å². The summed E-state index contributed by atoms with van der Waals surface area (Å²) in [5.41, 5.74) is -2.34. The van der Waals surface area contributed by atoms with Crippen LogP contribution in [0.25, 0.3) is 0 Å². The minimum Gasteiger partial charge on any atom is -0.429 e. The first-order valence-corrected chi connectivity index (χ1v) is 13.9. The van der Waals surface area contributed by atoms with Crippen molar-refractivity contribution in [2.24, 2.45) is 0 Å². The molecule has 264 valence electrons. The zero-order valence-electron chi connectivity index (χ0n) is 24.3. The molecule has 1 fully saturated rings. The van der Waals surface area contributed by atoms with E-state index in [4.69, 9.17) is 9.47 Å². The summed E-state index contributed by atoms with van der Waals surface area (Å²) in [6, 6.07) is 1.55. The first-order valence-electron chi connectivity index (χ1n) is 13.9. The summed E-state index contributed by atoms with van der Waals surface area (Å²) in [6.07, 6.45) is -15.0. The summed E-state index contributed by atoms with van der Waals surface area (Å²) >= 11 is 0. The van der Waals surface area contributed by atoms with Gasteiger partial charge in [-0.15, -0.1) is 13.2 Å². The lowest BCUT2D eigenvalue weighted by Gasteiger charge is -2.33. The summed E-state index contributed by atoms with van der Waals surface area (Å²) in [4.78, 5) is 0. The molecule has 18 heteroatoms. The first kappa shape index (κ1) is 36.9. The molecule has 0 aliphatic carbocycles. The van der Waals surface area contributed by atoms with E-state index in [9.17, 15) is 57.1 Å². The normalized spacial score (nSPS) is 17.4.